The first-order valence-electron chi connectivity index (χ1n) is 24.8. The molecule has 3 nitrogen and oxygen atoms in total. The number of anilines is 6. The van der Waals surface area contributed by atoms with Gasteiger partial charge >= 0.3 is 0 Å². The molecule has 7 aromatic carbocycles. The van der Waals surface area contributed by atoms with E-state index in [0.29, 0.717) is 0 Å². The van der Waals surface area contributed by atoms with Gasteiger partial charge in [-0.2, -0.15) is 0 Å². The van der Waals surface area contributed by atoms with E-state index in [0.717, 1.165) is 65.6 Å². The summed E-state index contributed by atoms with van der Waals surface area (Å²) in [5, 5.41) is 0. The van der Waals surface area contributed by atoms with E-state index in [4.69, 9.17) is 4.74 Å². The van der Waals surface area contributed by atoms with Gasteiger partial charge in [-0.15, -0.1) is 0 Å². The van der Waals surface area contributed by atoms with Gasteiger partial charge in [-0.05, 0) is 158 Å². The van der Waals surface area contributed by atoms with Crippen molar-refractivity contribution in [3.05, 3.63) is 186 Å². The van der Waals surface area contributed by atoms with Crippen LogP contribution in [0, 0.1) is 13.8 Å². The van der Waals surface area contributed by atoms with Crippen LogP contribution in [0.25, 0.3) is 22.3 Å². The van der Waals surface area contributed by atoms with Crippen molar-refractivity contribution in [3.8, 4) is 28.0 Å². The fourth-order valence-electron chi connectivity index (χ4n) is 8.77. The molecule has 0 aliphatic carbocycles. The number of rotatable bonds is 24. The maximum Gasteiger partial charge on any atom is 0.127 e. The highest BCUT2D eigenvalue weighted by Crippen LogP contribution is 2.40. The molecule has 0 atom stereocenters. The van der Waals surface area contributed by atoms with Crippen molar-refractivity contribution in [3.63, 3.8) is 0 Å². The molecule has 0 saturated carbocycles. The molecule has 0 amide bonds. The molecule has 0 heterocycles. The minimum absolute atomic E-state index is 0.755. The number of benzene rings is 7. The first kappa shape index (κ1) is 46.9. The number of hydrogen-bond donors (Lipinski definition) is 0. The number of nitrogens with zero attached hydrogens (tertiary/aromatic N) is 2. The lowest BCUT2D eigenvalue weighted by Gasteiger charge is -2.27. The molecule has 0 bridgehead atoms. The van der Waals surface area contributed by atoms with Crippen LogP contribution in [0.5, 0.6) is 5.75 Å². The van der Waals surface area contributed by atoms with Crippen molar-refractivity contribution in [1.29, 1.82) is 0 Å². The Kier molecular flexibility index (Phi) is 17.5. The van der Waals surface area contributed by atoms with Crippen LogP contribution in [0.3, 0.4) is 0 Å². The van der Waals surface area contributed by atoms with Crippen molar-refractivity contribution in [2.45, 2.75) is 125 Å². The van der Waals surface area contributed by atoms with E-state index in [2.05, 4.69) is 208 Å². The Hall–Kier alpha value is -6.06. The third-order valence-electron chi connectivity index (χ3n) is 12.7. The van der Waals surface area contributed by atoms with E-state index in [1.54, 1.807) is 0 Å². The van der Waals surface area contributed by atoms with Crippen LogP contribution in [-0.4, -0.2) is 6.61 Å². The lowest BCUT2D eigenvalue weighted by Crippen LogP contribution is -2.10. The van der Waals surface area contributed by atoms with Crippen LogP contribution in [0.4, 0.5) is 34.1 Å². The topological polar surface area (TPSA) is 15.7 Å². The number of aryl methyl sites for hydroxylation is 4. The van der Waals surface area contributed by atoms with Crippen molar-refractivity contribution in [2.24, 2.45) is 0 Å². The van der Waals surface area contributed by atoms with E-state index in [1.165, 1.54) is 115 Å². The Morgan fingerprint density at radius 2 is 0.692 bits per heavy atom. The quantitative estimate of drug-likeness (QED) is 0.0563. The van der Waals surface area contributed by atoms with Crippen LogP contribution in [-0.2, 0) is 12.8 Å². The highest BCUT2D eigenvalue weighted by atomic mass is 16.5. The van der Waals surface area contributed by atoms with Gasteiger partial charge in [0.05, 0.1) is 6.61 Å². The van der Waals surface area contributed by atoms with E-state index in [-0.39, 0.29) is 0 Å². The molecule has 0 aliphatic rings. The Labute approximate surface area is 392 Å². The molecule has 0 spiro atoms. The Balaban J connectivity index is 1.11. The van der Waals surface area contributed by atoms with E-state index in [1.807, 2.05) is 0 Å². The normalized spacial score (nSPS) is 11.2. The molecule has 0 saturated heterocycles. The molecular weight excluding hydrogens is 789 g/mol. The highest BCUT2D eigenvalue weighted by Gasteiger charge is 2.16. The van der Waals surface area contributed by atoms with Gasteiger partial charge in [0.1, 0.15) is 5.75 Å². The Bertz CT molecular complexity index is 2450. The molecular formula is C62H72N2O. The standard InChI is InChI=1S/C62H72N2O/c1-6-9-12-13-14-15-16-17-46-65-62-47-49(5)22-45-61(62)54-31-43-60(44-32-54)64(57-37-25-51(26-38-57)19-11-8-3)59-41-29-53(30-42-59)52-27-39-58(40-28-52)63(55-33-20-48(4)21-34-55)56-35-23-50(24-36-56)18-10-7-2/h20-45,47H,6-19,46H2,1-5H3. The van der Waals surface area contributed by atoms with Crippen molar-refractivity contribution < 1.29 is 4.74 Å². The number of ether oxygens (including phenoxy) is 1. The lowest BCUT2D eigenvalue weighted by atomic mass is 10.0. The summed E-state index contributed by atoms with van der Waals surface area (Å²) in [7, 11) is 0. The summed E-state index contributed by atoms with van der Waals surface area (Å²) in [6.45, 7) is 11.8. The molecule has 0 aliphatic heterocycles. The lowest BCUT2D eigenvalue weighted by molar-refractivity contribution is 0.305. The fourth-order valence-corrected chi connectivity index (χ4v) is 8.77. The second-order valence-corrected chi connectivity index (χ2v) is 18.0. The molecule has 0 N–H and O–H groups in total. The predicted molar refractivity (Wildman–Crippen MR) is 281 cm³/mol. The monoisotopic (exact) mass is 861 g/mol. The fraction of sp³-hybridized carbons (Fsp3) is 0.323. The van der Waals surface area contributed by atoms with Gasteiger partial charge in [-0.25, -0.2) is 0 Å². The smallest absolute Gasteiger partial charge is 0.127 e. The van der Waals surface area contributed by atoms with Crippen LogP contribution >= 0.6 is 0 Å². The van der Waals surface area contributed by atoms with Crippen LogP contribution < -0.4 is 14.5 Å². The van der Waals surface area contributed by atoms with Crippen LogP contribution in [0.1, 0.15) is 120 Å². The van der Waals surface area contributed by atoms with Gasteiger partial charge in [0, 0.05) is 39.7 Å². The van der Waals surface area contributed by atoms with Gasteiger partial charge in [0.15, 0.2) is 0 Å². The zero-order valence-corrected chi connectivity index (χ0v) is 40.0. The molecule has 7 rings (SSSR count). The average molecular weight is 861 g/mol. The van der Waals surface area contributed by atoms with Gasteiger partial charge in [0.2, 0.25) is 0 Å². The predicted octanol–water partition coefficient (Wildman–Crippen LogP) is 18.8. The largest absolute Gasteiger partial charge is 0.493 e. The van der Waals surface area contributed by atoms with Gasteiger partial charge in [0.25, 0.3) is 0 Å². The number of hydrogen-bond acceptors (Lipinski definition) is 3. The second kappa shape index (κ2) is 24.3. The summed E-state index contributed by atoms with van der Waals surface area (Å²) in [4.78, 5) is 4.74. The summed E-state index contributed by atoms with van der Waals surface area (Å²) < 4.78 is 6.48. The minimum Gasteiger partial charge on any atom is -0.493 e. The second-order valence-electron chi connectivity index (χ2n) is 18.0. The first-order chi connectivity index (χ1) is 31.9. The van der Waals surface area contributed by atoms with Gasteiger partial charge in [-0.3, -0.25) is 0 Å². The van der Waals surface area contributed by atoms with Crippen LogP contribution in [0.2, 0.25) is 0 Å². The molecule has 0 aromatic heterocycles. The SMILES string of the molecule is CCCCCCCCCCOc1cc(C)ccc1-c1ccc(N(c2ccc(CCCC)cc2)c2ccc(-c3ccc(N(c4ccc(C)cc4)c4ccc(CCCC)cc4)cc3)cc2)cc1. The molecule has 0 fully saturated rings. The van der Waals surface area contributed by atoms with E-state index >= 15 is 0 Å². The summed E-state index contributed by atoms with van der Waals surface area (Å²) in [5.74, 6) is 0.975. The van der Waals surface area contributed by atoms with Gasteiger partial charge < -0.3 is 14.5 Å². The Morgan fingerprint density at radius 1 is 0.338 bits per heavy atom. The van der Waals surface area contributed by atoms with Gasteiger partial charge in [-0.1, -0.05) is 169 Å². The Morgan fingerprint density at radius 3 is 1.12 bits per heavy atom. The van der Waals surface area contributed by atoms with Crippen molar-refractivity contribution in [1.82, 2.24) is 0 Å². The van der Waals surface area contributed by atoms with Crippen LogP contribution in [0.15, 0.2) is 164 Å². The summed E-state index contributed by atoms with van der Waals surface area (Å²) in [6.07, 6.45) is 17.4. The summed E-state index contributed by atoms with van der Waals surface area (Å²) in [5.41, 5.74) is 16.8. The summed E-state index contributed by atoms with van der Waals surface area (Å²) >= 11 is 0. The minimum atomic E-state index is 0.755. The molecule has 65 heavy (non-hydrogen) atoms. The third-order valence-corrected chi connectivity index (χ3v) is 12.7. The summed E-state index contributed by atoms with van der Waals surface area (Å²) in [6, 6.07) is 60.8. The number of unbranched alkanes of at least 4 members (excludes halogenated alkanes) is 9. The maximum atomic E-state index is 6.48. The molecule has 3 heteroatoms. The van der Waals surface area contributed by atoms with Crippen molar-refractivity contribution >= 4 is 34.1 Å². The zero-order chi connectivity index (χ0) is 45.2. The maximum absolute atomic E-state index is 6.48. The first-order valence-corrected chi connectivity index (χ1v) is 24.8. The van der Waals surface area contributed by atoms with E-state index < -0.39 is 0 Å². The highest BCUT2D eigenvalue weighted by molar-refractivity contribution is 5.82. The molecule has 0 unspecified atom stereocenters. The zero-order valence-electron chi connectivity index (χ0n) is 40.0. The average Bonchev–Trinajstić information content (AvgIpc) is 3.34. The van der Waals surface area contributed by atoms with E-state index in [9.17, 15) is 0 Å². The molecule has 336 valence electrons. The molecule has 0 radical (unpaired) electrons. The molecule has 7 aromatic rings. The third kappa shape index (κ3) is 13.0. The van der Waals surface area contributed by atoms with Crippen molar-refractivity contribution in [2.75, 3.05) is 16.4 Å².